The molecule has 2 fully saturated rings. The van der Waals surface area contributed by atoms with Gasteiger partial charge in [-0.2, -0.15) is 0 Å². The Morgan fingerprint density at radius 2 is 2.18 bits per heavy atom. The van der Waals surface area contributed by atoms with Crippen LogP contribution in [0.25, 0.3) is 0 Å². The van der Waals surface area contributed by atoms with E-state index in [2.05, 4.69) is 17.6 Å². The van der Waals surface area contributed by atoms with E-state index in [0.29, 0.717) is 17.9 Å². The molecule has 0 aromatic carbocycles. The number of hydrogen-bond donors (Lipinski definition) is 2. The molecule has 1 aliphatic heterocycles. The minimum atomic E-state index is 0. The van der Waals surface area contributed by atoms with Crippen molar-refractivity contribution in [1.29, 1.82) is 0 Å². The molecule has 100 valence electrons. The predicted octanol–water partition coefficient (Wildman–Crippen LogP) is 2.25. The highest BCUT2D eigenvalue weighted by atomic mass is 35.5. The predicted molar refractivity (Wildman–Crippen MR) is 72.5 cm³/mol. The van der Waals surface area contributed by atoms with E-state index in [1.807, 2.05) is 0 Å². The molecule has 3 nitrogen and oxygen atoms in total. The molecule has 1 unspecified atom stereocenters. The first-order chi connectivity index (χ1) is 7.74. The van der Waals surface area contributed by atoms with E-state index in [-0.39, 0.29) is 18.3 Å². The largest absolute Gasteiger partial charge is 0.355 e. The van der Waals surface area contributed by atoms with Gasteiger partial charge in [-0.25, -0.2) is 0 Å². The third-order valence-corrected chi connectivity index (χ3v) is 4.42. The van der Waals surface area contributed by atoms with Gasteiger partial charge in [0, 0.05) is 19.0 Å². The highest BCUT2D eigenvalue weighted by Gasteiger charge is 2.35. The van der Waals surface area contributed by atoms with E-state index in [0.717, 1.165) is 19.5 Å². The fraction of sp³-hybridized carbons (Fsp3) is 0.923. The third kappa shape index (κ3) is 3.85. The van der Waals surface area contributed by atoms with Crippen molar-refractivity contribution in [3.63, 3.8) is 0 Å². The number of carbonyl (C=O) groups is 1. The van der Waals surface area contributed by atoms with Crippen molar-refractivity contribution in [2.45, 2.75) is 57.9 Å². The Hall–Kier alpha value is -0.280. The van der Waals surface area contributed by atoms with Gasteiger partial charge in [-0.05, 0) is 44.1 Å². The van der Waals surface area contributed by atoms with Gasteiger partial charge in [0.15, 0.2) is 0 Å². The smallest absolute Gasteiger partial charge is 0.221 e. The molecule has 2 aliphatic rings. The number of halogens is 1. The fourth-order valence-electron chi connectivity index (χ4n) is 2.85. The summed E-state index contributed by atoms with van der Waals surface area (Å²) in [4.78, 5) is 11.8. The van der Waals surface area contributed by atoms with Crippen LogP contribution in [-0.4, -0.2) is 25.0 Å². The molecule has 0 aromatic rings. The van der Waals surface area contributed by atoms with Gasteiger partial charge in [-0.15, -0.1) is 12.4 Å². The van der Waals surface area contributed by atoms with Crippen LogP contribution in [0.15, 0.2) is 0 Å². The summed E-state index contributed by atoms with van der Waals surface area (Å²) in [6, 6.07) is 0.430. The van der Waals surface area contributed by atoms with Gasteiger partial charge in [0.25, 0.3) is 0 Å². The van der Waals surface area contributed by atoms with E-state index in [4.69, 9.17) is 0 Å². The molecular weight excluding hydrogens is 236 g/mol. The standard InChI is InChI=1S/C13H24N2O.ClH/c1-2-13(6-4-7-13)10-15-12(16)9-11-5-3-8-14-11;/h11,14H,2-10H2,1H3,(H,15,16);1H. The van der Waals surface area contributed by atoms with Gasteiger partial charge in [0.05, 0.1) is 0 Å². The first-order valence-electron chi connectivity index (χ1n) is 6.74. The van der Waals surface area contributed by atoms with E-state index in [1.165, 1.54) is 32.1 Å². The molecule has 1 aliphatic carbocycles. The lowest BCUT2D eigenvalue weighted by molar-refractivity contribution is -0.122. The van der Waals surface area contributed by atoms with Crippen molar-refractivity contribution in [1.82, 2.24) is 10.6 Å². The average Bonchev–Trinajstić information content (AvgIpc) is 2.69. The minimum absolute atomic E-state index is 0. The Labute approximate surface area is 111 Å². The summed E-state index contributed by atoms with van der Waals surface area (Å²) in [5.41, 5.74) is 0.443. The molecule has 1 heterocycles. The summed E-state index contributed by atoms with van der Waals surface area (Å²) in [6.45, 7) is 4.22. The second-order valence-corrected chi connectivity index (χ2v) is 5.48. The molecule has 0 bridgehead atoms. The number of rotatable bonds is 5. The summed E-state index contributed by atoms with van der Waals surface area (Å²) in [5.74, 6) is 0.235. The molecular formula is C13H25ClN2O. The number of amides is 1. The zero-order valence-corrected chi connectivity index (χ0v) is 11.6. The second-order valence-electron chi connectivity index (χ2n) is 5.48. The van der Waals surface area contributed by atoms with Crippen molar-refractivity contribution in [2.75, 3.05) is 13.1 Å². The molecule has 0 aromatic heterocycles. The molecule has 1 saturated carbocycles. The second kappa shape index (κ2) is 6.60. The van der Waals surface area contributed by atoms with Gasteiger partial charge in [-0.1, -0.05) is 13.3 Å². The molecule has 4 heteroatoms. The number of carbonyl (C=O) groups excluding carboxylic acids is 1. The topological polar surface area (TPSA) is 41.1 Å². The van der Waals surface area contributed by atoms with Crippen LogP contribution in [0.1, 0.15) is 51.9 Å². The molecule has 0 radical (unpaired) electrons. The van der Waals surface area contributed by atoms with Gasteiger partial charge in [-0.3, -0.25) is 4.79 Å². The Morgan fingerprint density at radius 1 is 1.41 bits per heavy atom. The van der Waals surface area contributed by atoms with Crippen LogP contribution in [0.5, 0.6) is 0 Å². The third-order valence-electron chi connectivity index (χ3n) is 4.42. The maximum absolute atomic E-state index is 11.8. The maximum Gasteiger partial charge on any atom is 0.221 e. The minimum Gasteiger partial charge on any atom is -0.355 e. The van der Waals surface area contributed by atoms with Crippen molar-refractivity contribution in [3.05, 3.63) is 0 Å². The quantitative estimate of drug-likeness (QED) is 0.796. The lowest BCUT2D eigenvalue weighted by atomic mass is 9.67. The zero-order chi connectivity index (χ0) is 11.4. The van der Waals surface area contributed by atoms with Gasteiger partial charge < -0.3 is 10.6 Å². The molecule has 17 heavy (non-hydrogen) atoms. The Balaban J connectivity index is 0.00000144. The first-order valence-corrected chi connectivity index (χ1v) is 6.74. The van der Waals surface area contributed by atoms with Crippen molar-refractivity contribution < 1.29 is 4.79 Å². The monoisotopic (exact) mass is 260 g/mol. The number of nitrogens with one attached hydrogen (secondary N) is 2. The van der Waals surface area contributed by atoms with Gasteiger partial charge in [0.1, 0.15) is 0 Å². The van der Waals surface area contributed by atoms with Crippen LogP contribution < -0.4 is 10.6 Å². The zero-order valence-electron chi connectivity index (χ0n) is 10.8. The highest BCUT2D eigenvalue weighted by Crippen LogP contribution is 2.43. The van der Waals surface area contributed by atoms with E-state index < -0.39 is 0 Å². The molecule has 2 N–H and O–H groups in total. The van der Waals surface area contributed by atoms with Crippen molar-refractivity contribution in [3.8, 4) is 0 Å². The molecule has 1 amide bonds. The Kier molecular flexibility index (Phi) is 5.74. The Bertz CT molecular complexity index is 242. The van der Waals surface area contributed by atoms with Crippen LogP contribution in [0, 0.1) is 5.41 Å². The van der Waals surface area contributed by atoms with Crippen LogP contribution >= 0.6 is 12.4 Å². The molecule has 1 saturated heterocycles. The SMILES string of the molecule is CCC1(CNC(=O)CC2CCCN2)CCC1.Cl. The lowest BCUT2D eigenvalue weighted by Gasteiger charge is -2.41. The molecule has 1 atom stereocenters. The van der Waals surface area contributed by atoms with Crippen molar-refractivity contribution >= 4 is 18.3 Å². The highest BCUT2D eigenvalue weighted by molar-refractivity contribution is 5.85. The van der Waals surface area contributed by atoms with Gasteiger partial charge >= 0.3 is 0 Å². The van der Waals surface area contributed by atoms with Crippen LogP contribution in [0.4, 0.5) is 0 Å². The Morgan fingerprint density at radius 3 is 2.65 bits per heavy atom. The normalized spacial score (nSPS) is 25.8. The molecule has 2 rings (SSSR count). The summed E-state index contributed by atoms with van der Waals surface area (Å²) in [5, 5.41) is 6.49. The van der Waals surface area contributed by atoms with E-state index >= 15 is 0 Å². The van der Waals surface area contributed by atoms with Crippen molar-refractivity contribution in [2.24, 2.45) is 5.41 Å². The van der Waals surface area contributed by atoms with Crippen LogP contribution in [0.2, 0.25) is 0 Å². The van der Waals surface area contributed by atoms with Crippen LogP contribution in [-0.2, 0) is 4.79 Å². The lowest BCUT2D eigenvalue weighted by Crippen LogP contribution is -2.43. The summed E-state index contributed by atoms with van der Waals surface area (Å²) >= 11 is 0. The van der Waals surface area contributed by atoms with Crippen LogP contribution in [0.3, 0.4) is 0 Å². The summed E-state index contributed by atoms with van der Waals surface area (Å²) in [7, 11) is 0. The summed E-state index contributed by atoms with van der Waals surface area (Å²) < 4.78 is 0. The van der Waals surface area contributed by atoms with Gasteiger partial charge in [0.2, 0.25) is 5.91 Å². The molecule has 0 spiro atoms. The van der Waals surface area contributed by atoms with E-state index in [9.17, 15) is 4.79 Å². The first kappa shape index (κ1) is 14.8. The average molecular weight is 261 g/mol. The number of hydrogen-bond acceptors (Lipinski definition) is 2. The fourth-order valence-corrected chi connectivity index (χ4v) is 2.85. The van der Waals surface area contributed by atoms with E-state index in [1.54, 1.807) is 0 Å². The maximum atomic E-state index is 11.8. The summed E-state index contributed by atoms with van der Waals surface area (Å²) in [6.07, 6.45) is 8.18.